The summed E-state index contributed by atoms with van der Waals surface area (Å²) in [5.74, 6) is 0.360. The second-order valence-corrected chi connectivity index (χ2v) is 6.68. The van der Waals surface area contributed by atoms with E-state index in [1.165, 1.54) is 10.8 Å². The Morgan fingerprint density at radius 2 is 1.64 bits per heavy atom. The molecule has 3 heteroatoms. The van der Waals surface area contributed by atoms with Gasteiger partial charge in [-0.3, -0.25) is 4.79 Å². The Hall–Kier alpha value is -2.81. The van der Waals surface area contributed by atoms with Crippen LogP contribution in [-0.2, 0) is 4.79 Å². The molecule has 0 bridgehead atoms. The topological polar surface area (TPSA) is 32.3 Å². The highest BCUT2D eigenvalue weighted by molar-refractivity contribution is 5.95. The fourth-order valence-corrected chi connectivity index (χ4v) is 3.02. The van der Waals surface area contributed by atoms with Crippen molar-refractivity contribution in [3.05, 3.63) is 72.3 Å². The summed E-state index contributed by atoms with van der Waals surface area (Å²) >= 11 is 0. The number of anilines is 2. The van der Waals surface area contributed by atoms with Crippen LogP contribution >= 0.6 is 0 Å². The number of likely N-dealkylation sites (N-methyl/N-ethyl adjacent to an activating group) is 1. The van der Waals surface area contributed by atoms with Crippen molar-refractivity contribution in [1.82, 2.24) is 0 Å². The second-order valence-electron chi connectivity index (χ2n) is 6.68. The minimum Gasteiger partial charge on any atom is -0.365 e. The monoisotopic (exact) mass is 332 g/mol. The molecule has 0 heterocycles. The molecule has 0 aliphatic rings. The zero-order valence-electron chi connectivity index (χ0n) is 15.0. The summed E-state index contributed by atoms with van der Waals surface area (Å²) in [6, 6.07) is 22.5. The minimum atomic E-state index is -0.0104. The molecule has 0 radical (unpaired) electrons. The molecule has 3 aromatic rings. The largest absolute Gasteiger partial charge is 0.365 e. The number of benzene rings is 3. The van der Waals surface area contributed by atoms with Crippen LogP contribution in [0.25, 0.3) is 10.8 Å². The molecule has 128 valence electrons. The van der Waals surface area contributed by atoms with E-state index in [0.717, 1.165) is 16.9 Å². The lowest BCUT2D eigenvalue weighted by molar-refractivity contribution is -0.114. The van der Waals surface area contributed by atoms with Crippen LogP contribution in [0, 0.1) is 0 Å². The van der Waals surface area contributed by atoms with Gasteiger partial charge in [0.05, 0.1) is 6.54 Å². The van der Waals surface area contributed by atoms with E-state index < -0.39 is 0 Å². The van der Waals surface area contributed by atoms with Crippen molar-refractivity contribution in [3.8, 4) is 0 Å². The molecule has 25 heavy (non-hydrogen) atoms. The molecule has 0 fully saturated rings. The lowest BCUT2D eigenvalue weighted by atomic mass is 10.0. The molecule has 0 saturated heterocycles. The first kappa shape index (κ1) is 17.0. The van der Waals surface area contributed by atoms with E-state index in [0.29, 0.717) is 12.5 Å². The van der Waals surface area contributed by atoms with E-state index in [2.05, 4.69) is 55.6 Å². The summed E-state index contributed by atoms with van der Waals surface area (Å²) in [5.41, 5.74) is 3.09. The second kappa shape index (κ2) is 7.39. The average molecular weight is 332 g/mol. The van der Waals surface area contributed by atoms with Gasteiger partial charge in [-0.05, 0) is 40.5 Å². The van der Waals surface area contributed by atoms with Crippen LogP contribution in [0.2, 0.25) is 0 Å². The molecule has 0 spiro atoms. The third kappa shape index (κ3) is 4.00. The molecule has 0 aliphatic carbocycles. The van der Waals surface area contributed by atoms with Crippen LogP contribution in [0.15, 0.2) is 66.7 Å². The Kier molecular flexibility index (Phi) is 5.03. The number of hydrogen-bond donors (Lipinski definition) is 1. The van der Waals surface area contributed by atoms with Gasteiger partial charge in [-0.2, -0.15) is 0 Å². The molecule has 0 saturated carbocycles. The molecule has 0 aliphatic heterocycles. The molecular weight excluding hydrogens is 308 g/mol. The molecule has 0 unspecified atom stereocenters. The number of para-hydroxylation sites is 1. The van der Waals surface area contributed by atoms with Gasteiger partial charge in [-0.1, -0.05) is 62.4 Å². The van der Waals surface area contributed by atoms with E-state index in [-0.39, 0.29) is 5.91 Å². The third-order valence-corrected chi connectivity index (χ3v) is 4.41. The van der Waals surface area contributed by atoms with Crippen LogP contribution in [-0.4, -0.2) is 19.5 Å². The zero-order chi connectivity index (χ0) is 17.8. The maximum absolute atomic E-state index is 12.5. The molecular formula is C22H24N2O. The maximum atomic E-state index is 12.5. The normalized spacial score (nSPS) is 10.9. The summed E-state index contributed by atoms with van der Waals surface area (Å²) in [5, 5.41) is 5.43. The summed E-state index contributed by atoms with van der Waals surface area (Å²) in [4.78, 5) is 14.5. The van der Waals surface area contributed by atoms with Gasteiger partial charge in [0.2, 0.25) is 5.91 Å². The van der Waals surface area contributed by atoms with E-state index >= 15 is 0 Å². The first-order valence-corrected chi connectivity index (χ1v) is 8.63. The van der Waals surface area contributed by atoms with E-state index in [4.69, 9.17) is 0 Å². The Balaban J connectivity index is 1.71. The van der Waals surface area contributed by atoms with Crippen molar-refractivity contribution in [2.75, 3.05) is 23.8 Å². The van der Waals surface area contributed by atoms with E-state index in [9.17, 15) is 4.79 Å². The predicted octanol–water partition coefficient (Wildman–Crippen LogP) is 5.04. The number of fused-ring (bicyclic) bond motifs is 1. The highest BCUT2D eigenvalue weighted by Gasteiger charge is 2.11. The van der Waals surface area contributed by atoms with Gasteiger partial charge in [-0.25, -0.2) is 0 Å². The fraction of sp³-hybridized carbons (Fsp3) is 0.227. The van der Waals surface area contributed by atoms with Crippen LogP contribution in [0.1, 0.15) is 25.3 Å². The quantitative estimate of drug-likeness (QED) is 0.710. The van der Waals surface area contributed by atoms with Crippen LogP contribution in [0.3, 0.4) is 0 Å². The number of carbonyl (C=O) groups is 1. The van der Waals surface area contributed by atoms with E-state index in [1.807, 2.05) is 42.3 Å². The molecule has 1 N–H and O–H groups in total. The van der Waals surface area contributed by atoms with Gasteiger partial charge < -0.3 is 10.2 Å². The van der Waals surface area contributed by atoms with Gasteiger partial charge in [0, 0.05) is 18.4 Å². The van der Waals surface area contributed by atoms with Gasteiger partial charge >= 0.3 is 0 Å². The Morgan fingerprint density at radius 3 is 2.40 bits per heavy atom. The van der Waals surface area contributed by atoms with Crippen LogP contribution in [0.5, 0.6) is 0 Å². The fourth-order valence-electron chi connectivity index (χ4n) is 3.02. The molecule has 3 nitrogen and oxygen atoms in total. The lowest BCUT2D eigenvalue weighted by Crippen LogP contribution is -2.30. The molecule has 0 atom stereocenters. The number of nitrogens with zero attached hydrogens (tertiary/aromatic N) is 1. The summed E-state index contributed by atoms with van der Waals surface area (Å²) < 4.78 is 0. The lowest BCUT2D eigenvalue weighted by Gasteiger charge is -2.20. The van der Waals surface area contributed by atoms with Crippen molar-refractivity contribution in [2.24, 2.45) is 0 Å². The highest BCUT2D eigenvalue weighted by Crippen LogP contribution is 2.24. The Bertz CT molecular complexity index is 886. The Morgan fingerprint density at radius 1 is 0.960 bits per heavy atom. The SMILES string of the molecule is CC(C)c1ccccc1NC(=O)CN(C)c1ccc2ccccc2c1. The van der Waals surface area contributed by atoms with Crippen molar-refractivity contribution < 1.29 is 4.79 Å². The number of carbonyl (C=O) groups excluding carboxylic acids is 1. The van der Waals surface area contributed by atoms with Crippen molar-refractivity contribution in [1.29, 1.82) is 0 Å². The van der Waals surface area contributed by atoms with Crippen LogP contribution < -0.4 is 10.2 Å². The first-order chi connectivity index (χ1) is 12.0. The van der Waals surface area contributed by atoms with Gasteiger partial charge in [0.15, 0.2) is 0 Å². The average Bonchev–Trinajstić information content (AvgIpc) is 2.61. The summed E-state index contributed by atoms with van der Waals surface area (Å²) in [6.45, 7) is 4.57. The Labute approximate surface area is 149 Å². The van der Waals surface area contributed by atoms with E-state index in [1.54, 1.807) is 0 Å². The standard InChI is InChI=1S/C22H24N2O/c1-16(2)20-10-6-7-11-21(20)23-22(25)15-24(3)19-13-12-17-8-4-5-9-18(17)14-19/h4-14,16H,15H2,1-3H3,(H,23,25). The molecule has 0 aromatic heterocycles. The number of hydrogen-bond acceptors (Lipinski definition) is 2. The van der Waals surface area contributed by atoms with Crippen LogP contribution in [0.4, 0.5) is 11.4 Å². The van der Waals surface area contributed by atoms with Gasteiger partial charge in [0.1, 0.15) is 0 Å². The molecule has 3 rings (SSSR count). The third-order valence-electron chi connectivity index (χ3n) is 4.41. The van der Waals surface area contributed by atoms with Gasteiger partial charge in [0.25, 0.3) is 0 Å². The summed E-state index contributed by atoms with van der Waals surface area (Å²) in [6.07, 6.45) is 0. The molecule has 1 amide bonds. The molecule has 3 aromatic carbocycles. The number of amides is 1. The summed E-state index contributed by atoms with van der Waals surface area (Å²) in [7, 11) is 1.94. The predicted molar refractivity (Wildman–Crippen MR) is 106 cm³/mol. The van der Waals surface area contributed by atoms with Crippen molar-refractivity contribution in [3.63, 3.8) is 0 Å². The number of nitrogens with one attached hydrogen (secondary N) is 1. The van der Waals surface area contributed by atoms with Crippen molar-refractivity contribution >= 4 is 28.1 Å². The van der Waals surface area contributed by atoms with Crippen molar-refractivity contribution in [2.45, 2.75) is 19.8 Å². The zero-order valence-corrected chi connectivity index (χ0v) is 15.0. The smallest absolute Gasteiger partial charge is 0.243 e. The highest BCUT2D eigenvalue weighted by atomic mass is 16.2. The maximum Gasteiger partial charge on any atom is 0.243 e. The first-order valence-electron chi connectivity index (χ1n) is 8.63. The number of rotatable bonds is 5. The minimum absolute atomic E-state index is 0.0104. The van der Waals surface area contributed by atoms with Gasteiger partial charge in [-0.15, -0.1) is 0 Å².